The maximum absolute atomic E-state index is 11.6. The SMILES string of the molecule is CC(C)(CC(=O)O)CC(=O)NCCc1c[nH]cn1. The Morgan fingerprint density at radius 3 is 2.72 bits per heavy atom. The number of carbonyl (C=O) groups is 2. The standard InChI is InChI=1S/C12H19N3O3/c1-12(2,6-11(17)18)5-10(16)14-4-3-9-7-13-8-15-9/h7-8H,3-6H2,1-2H3,(H,13,15)(H,14,16)(H,17,18). The van der Waals surface area contributed by atoms with Crippen LogP contribution in [-0.4, -0.2) is 33.5 Å². The first kappa shape index (κ1) is 14.2. The second-order valence-corrected chi connectivity index (χ2v) is 5.07. The second kappa shape index (κ2) is 6.18. The molecular formula is C12H19N3O3. The summed E-state index contributed by atoms with van der Waals surface area (Å²) in [4.78, 5) is 29.1. The molecule has 1 aromatic rings. The van der Waals surface area contributed by atoms with Crippen molar-refractivity contribution < 1.29 is 14.7 Å². The van der Waals surface area contributed by atoms with E-state index in [2.05, 4.69) is 15.3 Å². The summed E-state index contributed by atoms with van der Waals surface area (Å²) in [6, 6.07) is 0. The van der Waals surface area contributed by atoms with Crippen molar-refractivity contribution in [3.8, 4) is 0 Å². The maximum atomic E-state index is 11.6. The summed E-state index contributed by atoms with van der Waals surface area (Å²) >= 11 is 0. The number of carboxylic acids is 1. The number of aliphatic carboxylic acids is 1. The highest BCUT2D eigenvalue weighted by atomic mass is 16.4. The first-order chi connectivity index (χ1) is 8.39. The quantitative estimate of drug-likeness (QED) is 0.674. The summed E-state index contributed by atoms with van der Waals surface area (Å²) in [6.45, 7) is 4.05. The smallest absolute Gasteiger partial charge is 0.303 e. The zero-order valence-electron chi connectivity index (χ0n) is 10.7. The van der Waals surface area contributed by atoms with Gasteiger partial charge in [0.25, 0.3) is 0 Å². The molecule has 18 heavy (non-hydrogen) atoms. The van der Waals surface area contributed by atoms with Crippen LogP contribution in [0, 0.1) is 5.41 Å². The van der Waals surface area contributed by atoms with Crippen LogP contribution < -0.4 is 5.32 Å². The summed E-state index contributed by atoms with van der Waals surface area (Å²) < 4.78 is 0. The molecule has 100 valence electrons. The van der Waals surface area contributed by atoms with E-state index in [1.807, 2.05) is 0 Å². The third-order valence-corrected chi connectivity index (χ3v) is 2.53. The Morgan fingerprint density at radius 2 is 2.17 bits per heavy atom. The largest absolute Gasteiger partial charge is 0.481 e. The topological polar surface area (TPSA) is 95.1 Å². The van der Waals surface area contributed by atoms with Gasteiger partial charge < -0.3 is 15.4 Å². The highest BCUT2D eigenvalue weighted by Gasteiger charge is 2.24. The molecule has 0 aliphatic carbocycles. The van der Waals surface area contributed by atoms with Crippen LogP contribution in [0.3, 0.4) is 0 Å². The first-order valence-electron chi connectivity index (χ1n) is 5.85. The van der Waals surface area contributed by atoms with Crippen LogP contribution in [-0.2, 0) is 16.0 Å². The Morgan fingerprint density at radius 1 is 1.44 bits per heavy atom. The molecule has 0 atom stereocenters. The Labute approximate surface area is 106 Å². The van der Waals surface area contributed by atoms with Crippen molar-refractivity contribution in [3.05, 3.63) is 18.2 Å². The molecule has 0 fully saturated rings. The summed E-state index contributed by atoms with van der Waals surface area (Å²) in [5, 5.41) is 11.5. The molecule has 0 saturated carbocycles. The molecule has 6 nitrogen and oxygen atoms in total. The number of aromatic nitrogens is 2. The number of hydrogen-bond donors (Lipinski definition) is 3. The van der Waals surface area contributed by atoms with Gasteiger partial charge in [-0.05, 0) is 5.41 Å². The molecule has 0 unspecified atom stereocenters. The van der Waals surface area contributed by atoms with Gasteiger partial charge >= 0.3 is 5.97 Å². The van der Waals surface area contributed by atoms with Gasteiger partial charge in [0.15, 0.2) is 0 Å². The Balaban J connectivity index is 2.26. The van der Waals surface area contributed by atoms with E-state index >= 15 is 0 Å². The summed E-state index contributed by atoms with van der Waals surface area (Å²) in [5.74, 6) is -1.01. The lowest BCUT2D eigenvalue weighted by atomic mass is 9.85. The van der Waals surface area contributed by atoms with Gasteiger partial charge in [0.05, 0.1) is 18.4 Å². The van der Waals surface area contributed by atoms with Gasteiger partial charge in [0, 0.05) is 25.6 Å². The summed E-state index contributed by atoms with van der Waals surface area (Å²) in [7, 11) is 0. The molecule has 1 aromatic heterocycles. The first-order valence-corrected chi connectivity index (χ1v) is 5.85. The molecule has 0 aliphatic heterocycles. The van der Waals surface area contributed by atoms with Crippen LogP contribution in [0.1, 0.15) is 32.4 Å². The van der Waals surface area contributed by atoms with Crippen molar-refractivity contribution in [2.24, 2.45) is 5.41 Å². The van der Waals surface area contributed by atoms with E-state index in [4.69, 9.17) is 5.11 Å². The number of carboxylic acid groups (broad SMARTS) is 1. The maximum Gasteiger partial charge on any atom is 0.303 e. The molecular weight excluding hydrogens is 234 g/mol. The van der Waals surface area contributed by atoms with E-state index < -0.39 is 11.4 Å². The fourth-order valence-corrected chi connectivity index (χ4v) is 1.73. The lowest BCUT2D eigenvalue weighted by Crippen LogP contribution is -2.31. The number of rotatable bonds is 7. The van der Waals surface area contributed by atoms with Crippen LogP contribution in [0.25, 0.3) is 0 Å². The van der Waals surface area contributed by atoms with Crippen LogP contribution >= 0.6 is 0 Å². The molecule has 3 N–H and O–H groups in total. The molecule has 0 bridgehead atoms. The average Bonchev–Trinajstić information content (AvgIpc) is 2.66. The van der Waals surface area contributed by atoms with Crippen LogP contribution in [0.4, 0.5) is 0 Å². The number of aromatic amines is 1. The van der Waals surface area contributed by atoms with E-state index in [1.165, 1.54) is 0 Å². The molecule has 1 heterocycles. The van der Waals surface area contributed by atoms with E-state index in [0.717, 1.165) is 5.69 Å². The second-order valence-electron chi connectivity index (χ2n) is 5.07. The van der Waals surface area contributed by atoms with Crippen molar-refractivity contribution in [2.75, 3.05) is 6.54 Å². The fourth-order valence-electron chi connectivity index (χ4n) is 1.73. The minimum Gasteiger partial charge on any atom is -0.481 e. The average molecular weight is 253 g/mol. The van der Waals surface area contributed by atoms with Gasteiger partial charge in [-0.3, -0.25) is 9.59 Å². The molecule has 0 saturated heterocycles. The van der Waals surface area contributed by atoms with Crippen LogP contribution in [0.15, 0.2) is 12.5 Å². The number of hydrogen-bond acceptors (Lipinski definition) is 3. The molecule has 6 heteroatoms. The number of imidazole rings is 1. The molecule has 1 amide bonds. The van der Waals surface area contributed by atoms with Gasteiger partial charge in [-0.2, -0.15) is 0 Å². The van der Waals surface area contributed by atoms with Gasteiger partial charge in [0.1, 0.15) is 0 Å². The van der Waals surface area contributed by atoms with E-state index in [-0.39, 0.29) is 18.7 Å². The summed E-state index contributed by atoms with van der Waals surface area (Å²) in [5.41, 5.74) is 0.363. The zero-order valence-corrected chi connectivity index (χ0v) is 10.7. The lowest BCUT2D eigenvalue weighted by Gasteiger charge is -2.21. The predicted octanol–water partition coefficient (Wildman–Crippen LogP) is 0.959. The number of nitrogens with one attached hydrogen (secondary N) is 2. The van der Waals surface area contributed by atoms with Gasteiger partial charge in [-0.15, -0.1) is 0 Å². The van der Waals surface area contributed by atoms with Crippen molar-refractivity contribution in [1.82, 2.24) is 15.3 Å². The van der Waals surface area contributed by atoms with Crippen LogP contribution in [0.2, 0.25) is 0 Å². The highest BCUT2D eigenvalue weighted by molar-refractivity contribution is 5.77. The van der Waals surface area contributed by atoms with Gasteiger partial charge in [0.2, 0.25) is 5.91 Å². The molecule has 0 aromatic carbocycles. The molecule has 0 spiro atoms. The highest BCUT2D eigenvalue weighted by Crippen LogP contribution is 2.24. The van der Waals surface area contributed by atoms with Crippen molar-refractivity contribution >= 4 is 11.9 Å². The van der Waals surface area contributed by atoms with E-state index in [0.29, 0.717) is 13.0 Å². The minimum atomic E-state index is -0.885. The third kappa shape index (κ3) is 5.47. The minimum absolute atomic E-state index is 0.0141. The van der Waals surface area contributed by atoms with Gasteiger partial charge in [-0.25, -0.2) is 4.98 Å². The molecule has 0 radical (unpaired) electrons. The Kier molecular flexibility index (Phi) is 4.88. The van der Waals surface area contributed by atoms with Crippen molar-refractivity contribution in [3.63, 3.8) is 0 Å². The predicted molar refractivity (Wildman–Crippen MR) is 66.0 cm³/mol. The summed E-state index contributed by atoms with van der Waals surface area (Å²) in [6.07, 6.45) is 4.22. The Hall–Kier alpha value is -1.85. The van der Waals surface area contributed by atoms with Crippen molar-refractivity contribution in [2.45, 2.75) is 33.1 Å². The molecule has 0 aliphatic rings. The third-order valence-electron chi connectivity index (χ3n) is 2.53. The lowest BCUT2D eigenvalue weighted by molar-refractivity contribution is -0.139. The number of carbonyl (C=O) groups excluding carboxylic acids is 1. The number of H-pyrrole nitrogens is 1. The monoisotopic (exact) mass is 253 g/mol. The molecule has 1 rings (SSSR count). The van der Waals surface area contributed by atoms with Crippen LogP contribution in [0.5, 0.6) is 0 Å². The Bertz CT molecular complexity index is 399. The zero-order chi connectivity index (χ0) is 13.6. The van der Waals surface area contributed by atoms with E-state index in [1.54, 1.807) is 26.4 Å². The number of nitrogens with zero attached hydrogens (tertiary/aromatic N) is 1. The fraction of sp³-hybridized carbons (Fsp3) is 0.583. The van der Waals surface area contributed by atoms with E-state index in [9.17, 15) is 9.59 Å². The number of amides is 1. The van der Waals surface area contributed by atoms with Crippen molar-refractivity contribution in [1.29, 1.82) is 0 Å². The van der Waals surface area contributed by atoms with Gasteiger partial charge in [-0.1, -0.05) is 13.8 Å². The normalized spacial score (nSPS) is 11.2.